The zero-order chi connectivity index (χ0) is 62.0. The van der Waals surface area contributed by atoms with E-state index >= 15 is 0 Å². The summed E-state index contributed by atoms with van der Waals surface area (Å²) in [6.07, 6.45) is 97.9. The van der Waals surface area contributed by atoms with Gasteiger partial charge < -0.3 is 20.3 Å². The number of rotatable bonds is 74. The summed E-state index contributed by atoms with van der Waals surface area (Å²) in [5.41, 5.74) is 0. The van der Waals surface area contributed by atoms with Gasteiger partial charge in [0.25, 0.3) is 0 Å². The molecule has 2 unspecified atom stereocenters. The molecule has 6 nitrogen and oxygen atoms in total. The van der Waals surface area contributed by atoms with E-state index < -0.39 is 12.1 Å². The number of hydrogen-bond acceptors (Lipinski definition) is 5. The molecule has 0 bridgehead atoms. The van der Waals surface area contributed by atoms with E-state index in [2.05, 4.69) is 55.6 Å². The first-order chi connectivity index (χ1) is 42.5. The molecule has 0 aromatic heterocycles. The normalized spacial score (nSPS) is 12.7. The van der Waals surface area contributed by atoms with Crippen LogP contribution in [0.3, 0.4) is 0 Å². The first-order valence-electron chi connectivity index (χ1n) is 39.2. The topological polar surface area (TPSA) is 95.9 Å². The summed E-state index contributed by atoms with van der Waals surface area (Å²) in [6, 6.07) is -0.543. The smallest absolute Gasteiger partial charge is 0.305 e. The van der Waals surface area contributed by atoms with Crippen molar-refractivity contribution in [1.29, 1.82) is 0 Å². The Morgan fingerprint density at radius 3 is 0.919 bits per heavy atom. The van der Waals surface area contributed by atoms with Crippen LogP contribution in [-0.4, -0.2) is 47.4 Å². The van der Waals surface area contributed by atoms with Crippen LogP contribution >= 0.6 is 0 Å². The number of ether oxygens (including phenoxy) is 1. The molecule has 0 saturated carbocycles. The Kier molecular flexibility index (Phi) is 73.9. The van der Waals surface area contributed by atoms with Crippen molar-refractivity contribution in [3.63, 3.8) is 0 Å². The third-order valence-corrected chi connectivity index (χ3v) is 18.4. The van der Waals surface area contributed by atoms with E-state index in [0.717, 1.165) is 51.4 Å². The van der Waals surface area contributed by atoms with Crippen molar-refractivity contribution in [2.75, 3.05) is 13.2 Å². The van der Waals surface area contributed by atoms with Crippen molar-refractivity contribution in [3.8, 4) is 0 Å². The van der Waals surface area contributed by atoms with Crippen LogP contribution in [0.5, 0.6) is 0 Å². The van der Waals surface area contributed by atoms with Gasteiger partial charge in [-0.1, -0.05) is 378 Å². The molecule has 0 saturated heterocycles. The maximum atomic E-state index is 12.6. The van der Waals surface area contributed by atoms with Gasteiger partial charge in [0.05, 0.1) is 25.4 Å². The zero-order valence-electron chi connectivity index (χ0n) is 58.3. The van der Waals surface area contributed by atoms with Gasteiger partial charge in [-0.25, -0.2) is 0 Å². The second-order valence-electron chi connectivity index (χ2n) is 27.0. The van der Waals surface area contributed by atoms with Gasteiger partial charge in [-0.2, -0.15) is 0 Å². The predicted octanol–water partition coefficient (Wildman–Crippen LogP) is 25.8. The molecule has 3 N–H and O–H groups in total. The lowest BCUT2D eigenvalue weighted by Gasteiger charge is -2.22. The molecule has 0 rings (SSSR count). The number of allylic oxidation sites excluding steroid dienone is 6. The standard InChI is InChI=1S/C80H153NO5/c1-3-5-7-9-11-13-15-17-19-21-22-23-31-34-37-41-44-48-52-56-60-64-68-72-78(83)77(76-82)81-79(84)73-69-65-61-57-53-49-45-42-38-35-32-29-27-25-24-26-28-30-33-36-39-43-47-51-55-59-63-67-71-75-86-80(85)74-70-66-62-58-54-50-46-40-20-18-16-14-12-10-8-6-4-2/h12,14,18,20,24,26,77-78,82-83H,3-11,13,15-17,19,21-23,25,27-76H2,1-2H3,(H,81,84)/b14-12-,20-18-,26-24-. The number of aliphatic hydroxyl groups excluding tert-OH is 2. The number of carbonyl (C=O) groups excluding carboxylic acids is 2. The van der Waals surface area contributed by atoms with Crippen molar-refractivity contribution in [2.24, 2.45) is 0 Å². The van der Waals surface area contributed by atoms with Crippen molar-refractivity contribution >= 4 is 11.9 Å². The molecular weight excluding hydrogens is 1050 g/mol. The summed E-state index contributed by atoms with van der Waals surface area (Å²) in [7, 11) is 0. The monoisotopic (exact) mass is 1210 g/mol. The minimum Gasteiger partial charge on any atom is -0.466 e. The third-order valence-electron chi connectivity index (χ3n) is 18.4. The molecule has 0 heterocycles. The van der Waals surface area contributed by atoms with Crippen LogP contribution < -0.4 is 5.32 Å². The van der Waals surface area contributed by atoms with Crippen LogP contribution in [0.1, 0.15) is 438 Å². The van der Waals surface area contributed by atoms with E-state index in [9.17, 15) is 19.8 Å². The van der Waals surface area contributed by atoms with Crippen LogP contribution in [-0.2, 0) is 14.3 Å². The van der Waals surface area contributed by atoms with E-state index in [1.165, 1.54) is 353 Å². The summed E-state index contributed by atoms with van der Waals surface area (Å²) in [5, 5.41) is 23.5. The first kappa shape index (κ1) is 84.1. The lowest BCUT2D eigenvalue weighted by Crippen LogP contribution is -2.45. The summed E-state index contributed by atoms with van der Waals surface area (Å²) >= 11 is 0. The van der Waals surface area contributed by atoms with Crippen molar-refractivity contribution < 1.29 is 24.5 Å². The number of esters is 1. The number of carbonyl (C=O) groups is 2. The Morgan fingerprint density at radius 1 is 0.326 bits per heavy atom. The highest BCUT2D eigenvalue weighted by Gasteiger charge is 2.20. The second-order valence-corrected chi connectivity index (χ2v) is 27.0. The van der Waals surface area contributed by atoms with E-state index in [4.69, 9.17) is 4.74 Å². The van der Waals surface area contributed by atoms with Crippen LogP contribution in [0, 0.1) is 0 Å². The Balaban J connectivity index is 3.37. The number of amides is 1. The lowest BCUT2D eigenvalue weighted by atomic mass is 10.0. The van der Waals surface area contributed by atoms with Gasteiger partial charge in [0.15, 0.2) is 0 Å². The fourth-order valence-electron chi connectivity index (χ4n) is 12.4. The zero-order valence-corrected chi connectivity index (χ0v) is 58.3. The fourth-order valence-corrected chi connectivity index (χ4v) is 12.4. The quantitative estimate of drug-likeness (QED) is 0.0320. The molecule has 0 aliphatic carbocycles. The van der Waals surface area contributed by atoms with Gasteiger partial charge in [0, 0.05) is 12.8 Å². The summed E-state index contributed by atoms with van der Waals surface area (Å²) < 4.78 is 5.50. The molecule has 86 heavy (non-hydrogen) atoms. The molecule has 0 radical (unpaired) electrons. The Bertz CT molecular complexity index is 1390. The van der Waals surface area contributed by atoms with E-state index in [1.807, 2.05) is 0 Å². The molecule has 1 amide bonds. The Labute approximate surface area is 538 Å². The minimum absolute atomic E-state index is 0.00954. The SMILES string of the molecule is CCCCC/C=C\C/C=C\CCCCCCCCCC(=O)OCCCCCCCCCCCCCC/C=C\CCCCCCCCCCCCCCCC(=O)NC(CO)C(O)CCCCCCCCCCCCCCCCCCCCCCCCC. The number of nitrogens with one attached hydrogen (secondary N) is 1. The van der Waals surface area contributed by atoms with Crippen LogP contribution in [0.25, 0.3) is 0 Å². The molecule has 2 atom stereocenters. The van der Waals surface area contributed by atoms with Crippen LogP contribution in [0.15, 0.2) is 36.5 Å². The third kappa shape index (κ3) is 71.2. The molecule has 0 spiro atoms. The van der Waals surface area contributed by atoms with Gasteiger partial charge in [0.2, 0.25) is 5.91 Å². The number of aliphatic hydroxyl groups is 2. The van der Waals surface area contributed by atoms with E-state index in [-0.39, 0.29) is 18.5 Å². The molecule has 0 aromatic carbocycles. The molecule has 0 fully saturated rings. The van der Waals surface area contributed by atoms with E-state index in [1.54, 1.807) is 0 Å². The molecule has 6 heteroatoms. The first-order valence-corrected chi connectivity index (χ1v) is 39.2. The van der Waals surface area contributed by atoms with Crippen LogP contribution in [0.2, 0.25) is 0 Å². The maximum absolute atomic E-state index is 12.6. The Morgan fingerprint density at radius 2 is 0.581 bits per heavy atom. The van der Waals surface area contributed by atoms with Crippen molar-refractivity contribution in [3.05, 3.63) is 36.5 Å². The number of unbranched alkanes of at least 4 members (excludes halogenated alkanes) is 57. The highest BCUT2D eigenvalue weighted by atomic mass is 16.5. The van der Waals surface area contributed by atoms with Gasteiger partial charge in [0.1, 0.15) is 0 Å². The average Bonchev–Trinajstić information content (AvgIpc) is 3.54. The highest BCUT2D eigenvalue weighted by Crippen LogP contribution is 2.20. The van der Waals surface area contributed by atoms with Crippen molar-refractivity contribution in [2.45, 2.75) is 450 Å². The molecule has 0 aromatic rings. The molecule has 0 aliphatic heterocycles. The van der Waals surface area contributed by atoms with E-state index in [0.29, 0.717) is 25.9 Å². The maximum Gasteiger partial charge on any atom is 0.305 e. The van der Waals surface area contributed by atoms with Gasteiger partial charge in [-0.05, 0) is 83.5 Å². The van der Waals surface area contributed by atoms with Gasteiger partial charge >= 0.3 is 5.97 Å². The predicted molar refractivity (Wildman–Crippen MR) is 379 cm³/mol. The van der Waals surface area contributed by atoms with Crippen LogP contribution in [0.4, 0.5) is 0 Å². The second kappa shape index (κ2) is 75.5. The summed E-state index contributed by atoms with van der Waals surface area (Å²) in [4.78, 5) is 24.7. The number of hydrogen-bond donors (Lipinski definition) is 3. The molecule has 0 aliphatic rings. The summed E-state index contributed by atoms with van der Waals surface area (Å²) in [5.74, 6) is -0.0196. The molecular formula is C80H153NO5. The average molecular weight is 1210 g/mol. The van der Waals surface area contributed by atoms with Gasteiger partial charge in [-0.3, -0.25) is 9.59 Å². The van der Waals surface area contributed by atoms with Crippen molar-refractivity contribution in [1.82, 2.24) is 5.32 Å². The largest absolute Gasteiger partial charge is 0.466 e. The Hall–Kier alpha value is -1.92. The fraction of sp³-hybridized carbons (Fsp3) is 0.900. The lowest BCUT2D eigenvalue weighted by molar-refractivity contribution is -0.143. The minimum atomic E-state index is -0.665. The summed E-state index contributed by atoms with van der Waals surface area (Å²) in [6.45, 7) is 4.97. The molecule has 508 valence electrons. The van der Waals surface area contributed by atoms with Gasteiger partial charge in [-0.15, -0.1) is 0 Å². The highest BCUT2D eigenvalue weighted by molar-refractivity contribution is 5.76.